The quantitative estimate of drug-likeness (QED) is 0.826. The van der Waals surface area contributed by atoms with Crippen molar-refractivity contribution >= 4 is 5.69 Å². The summed E-state index contributed by atoms with van der Waals surface area (Å²) >= 11 is 0. The molecule has 2 aliphatic rings. The molecule has 3 rings (SSSR count). The van der Waals surface area contributed by atoms with Crippen LogP contribution in [0.4, 0.5) is 14.5 Å². The summed E-state index contributed by atoms with van der Waals surface area (Å²) in [5.74, 6) is -0.983. The fraction of sp³-hybridized carbons (Fsp3) is 0.571. The molecule has 2 aliphatic heterocycles. The molecule has 0 saturated carbocycles. The van der Waals surface area contributed by atoms with E-state index < -0.39 is 11.6 Å². The number of nitrogens with zero attached hydrogens (tertiary/aromatic N) is 1. The van der Waals surface area contributed by atoms with Crippen molar-refractivity contribution < 1.29 is 8.78 Å². The van der Waals surface area contributed by atoms with Crippen LogP contribution in [0.15, 0.2) is 18.2 Å². The molecule has 4 heteroatoms. The molecule has 0 aliphatic carbocycles. The molecule has 1 N–H and O–H groups in total. The first-order chi connectivity index (χ1) is 8.67. The molecule has 1 aromatic carbocycles. The number of benzene rings is 1. The van der Waals surface area contributed by atoms with E-state index in [1.54, 1.807) is 0 Å². The Labute approximate surface area is 106 Å². The lowest BCUT2D eigenvalue weighted by atomic mass is 9.75. The second kappa shape index (κ2) is 4.50. The summed E-state index contributed by atoms with van der Waals surface area (Å²) < 4.78 is 26.5. The number of hydrogen-bond donors (Lipinski definition) is 1. The zero-order chi connectivity index (χ0) is 12.6. The summed E-state index contributed by atoms with van der Waals surface area (Å²) in [5, 5.41) is 3.33. The average Bonchev–Trinajstić information content (AvgIpc) is 2.49. The molecule has 1 spiro atoms. The predicted octanol–water partition coefficient (Wildman–Crippen LogP) is 2.54. The number of halogens is 2. The van der Waals surface area contributed by atoms with Crippen molar-refractivity contribution in [3.63, 3.8) is 0 Å². The third-order valence-corrected chi connectivity index (χ3v) is 4.26. The molecule has 2 nitrogen and oxygen atoms in total. The molecule has 0 aromatic heterocycles. The minimum Gasteiger partial charge on any atom is -0.371 e. The Morgan fingerprint density at radius 1 is 1.00 bits per heavy atom. The van der Waals surface area contributed by atoms with Crippen LogP contribution in [0, 0.1) is 17.0 Å². The van der Waals surface area contributed by atoms with Gasteiger partial charge in [0.2, 0.25) is 0 Å². The lowest BCUT2D eigenvalue weighted by Crippen LogP contribution is -2.53. The Bertz CT molecular complexity index is 423. The molecule has 2 fully saturated rings. The van der Waals surface area contributed by atoms with Crippen LogP contribution in [-0.2, 0) is 0 Å². The van der Waals surface area contributed by atoms with Crippen molar-refractivity contribution in [1.29, 1.82) is 0 Å². The van der Waals surface area contributed by atoms with Crippen LogP contribution in [0.2, 0.25) is 0 Å². The van der Waals surface area contributed by atoms with E-state index in [2.05, 4.69) is 10.2 Å². The largest absolute Gasteiger partial charge is 0.371 e. The molecule has 2 heterocycles. The van der Waals surface area contributed by atoms with E-state index in [9.17, 15) is 8.78 Å². The van der Waals surface area contributed by atoms with Gasteiger partial charge >= 0.3 is 0 Å². The van der Waals surface area contributed by atoms with E-state index in [1.807, 2.05) is 0 Å². The summed E-state index contributed by atoms with van der Waals surface area (Å²) in [6.45, 7) is 3.98. The van der Waals surface area contributed by atoms with Crippen LogP contribution in [0.1, 0.15) is 19.3 Å². The number of rotatable bonds is 1. The normalized spacial score (nSPS) is 22.7. The lowest BCUT2D eigenvalue weighted by Gasteiger charge is -2.42. The van der Waals surface area contributed by atoms with Crippen LogP contribution >= 0.6 is 0 Å². The van der Waals surface area contributed by atoms with Crippen molar-refractivity contribution in [2.24, 2.45) is 5.41 Å². The van der Waals surface area contributed by atoms with Crippen molar-refractivity contribution in [2.75, 3.05) is 31.1 Å². The van der Waals surface area contributed by atoms with Crippen LogP contribution in [0.5, 0.6) is 0 Å². The zero-order valence-electron chi connectivity index (χ0n) is 10.4. The van der Waals surface area contributed by atoms with Crippen LogP contribution in [0.25, 0.3) is 0 Å². The van der Waals surface area contributed by atoms with Gasteiger partial charge in [0.05, 0.1) is 0 Å². The molecule has 18 heavy (non-hydrogen) atoms. The topological polar surface area (TPSA) is 15.3 Å². The third kappa shape index (κ3) is 2.21. The van der Waals surface area contributed by atoms with Crippen LogP contribution < -0.4 is 10.2 Å². The van der Waals surface area contributed by atoms with Crippen molar-refractivity contribution in [2.45, 2.75) is 19.3 Å². The first kappa shape index (κ1) is 11.9. The summed E-state index contributed by atoms with van der Waals surface area (Å²) in [7, 11) is 0. The van der Waals surface area contributed by atoms with Crippen molar-refractivity contribution in [3.05, 3.63) is 29.8 Å². The van der Waals surface area contributed by atoms with E-state index in [0.29, 0.717) is 11.1 Å². The number of nitrogens with one attached hydrogen (secondary N) is 1. The van der Waals surface area contributed by atoms with Gasteiger partial charge in [-0.15, -0.1) is 0 Å². The maximum Gasteiger partial charge on any atom is 0.128 e. The Morgan fingerprint density at radius 3 is 2.33 bits per heavy atom. The van der Waals surface area contributed by atoms with Gasteiger partial charge in [-0.2, -0.15) is 0 Å². The lowest BCUT2D eigenvalue weighted by molar-refractivity contribution is 0.147. The molecular weight excluding hydrogens is 234 g/mol. The van der Waals surface area contributed by atoms with E-state index >= 15 is 0 Å². The van der Waals surface area contributed by atoms with Gasteiger partial charge in [-0.05, 0) is 36.8 Å². The maximum absolute atomic E-state index is 13.2. The van der Waals surface area contributed by atoms with Gasteiger partial charge in [0.1, 0.15) is 11.6 Å². The fourth-order valence-corrected chi connectivity index (χ4v) is 3.07. The molecule has 0 atom stereocenters. The molecule has 0 radical (unpaired) electrons. The van der Waals surface area contributed by atoms with Gasteiger partial charge in [-0.1, -0.05) is 0 Å². The first-order valence-corrected chi connectivity index (χ1v) is 6.59. The van der Waals surface area contributed by atoms with Crippen molar-refractivity contribution in [1.82, 2.24) is 5.32 Å². The molecule has 2 saturated heterocycles. The minimum absolute atomic E-state index is 0.445. The highest BCUT2D eigenvalue weighted by molar-refractivity contribution is 5.47. The van der Waals surface area contributed by atoms with Crippen molar-refractivity contribution in [3.8, 4) is 0 Å². The highest BCUT2D eigenvalue weighted by Crippen LogP contribution is 2.36. The Kier molecular flexibility index (Phi) is 2.98. The van der Waals surface area contributed by atoms with Crippen LogP contribution in [-0.4, -0.2) is 26.2 Å². The molecule has 0 bridgehead atoms. The Hall–Kier alpha value is -1.16. The van der Waals surface area contributed by atoms with Gasteiger partial charge in [0, 0.05) is 37.9 Å². The summed E-state index contributed by atoms with van der Waals surface area (Å²) in [4.78, 5) is 2.11. The van der Waals surface area contributed by atoms with E-state index in [4.69, 9.17) is 0 Å². The molecule has 0 amide bonds. The minimum atomic E-state index is -0.491. The Balaban J connectivity index is 1.76. The molecule has 1 aromatic rings. The van der Waals surface area contributed by atoms with E-state index in [1.165, 1.54) is 18.6 Å². The summed E-state index contributed by atoms with van der Waals surface area (Å²) in [6, 6.07) is 3.79. The molecule has 0 unspecified atom stereocenters. The summed E-state index contributed by atoms with van der Waals surface area (Å²) in [5.41, 5.74) is 1.12. The Morgan fingerprint density at radius 2 is 1.72 bits per heavy atom. The number of hydrogen-bond acceptors (Lipinski definition) is 2. The highest BCUT2D eigenvalue weighted by Gasteiger charge is 2.37. The fourth-order valence-electron chi connectivity index (χ4n) is 3.07. The van der Waals surface area contributed by atoms with E-state index in [-0.39, 0.29) is 0 Å². The van der Waals surface area contributed by atoms with Crippen LogP contribution in [0.3, 0.4) is 0 Å². The highest BCUT2D eigenvalue weighted by atomic mass is 19.1. The van der Waals surface area contributed by atoms with Gasteiger partial charge in [-0.25, -0.2) is 8.78 Å². The second-order valence-corrected chi connectivity index (χ2v) is 5.57. The standard InChI is InChI=1S/C14H18F2N2/c15-11-6-12(16)8-13(7-11)18-4-1-2-14(3-5-18)9-17-10-14/h6-8,17H,1-5,9-10H2. The monoisotopic (exact) mass is 252 g/mol. The maximum atomic E-state index is 13.2. The summed E-state index contributed by atoms with van der Waals surface area (Å²) in [6.07, 6.45) is 3.42. The average molecular weight is 252 g/mol. The van der Waals surface area contributed by atoms with Gasteiger partial charge in [-0.3, -0.25) is 0 Å². The van der Waals surface area contributed by atoms with E-state index in [0.717, 1.165) is 45.1 Å². The smallest absolute Gasteiger partial charge is 0.128 e. The van der Waals surface area contributed by atoms with Gasteiger partial charge in [0.15, 0.2) is 0 Å². The van der Waals surface area contributed by atoms with Gasteiger partial charge in [0.25, 0.3) is 0 Å². The third-order valence-electron chi connectivity index (χ3n) is 4.26. The van der Waals surface area contributed by atoms with Gasteiger partial charge < -0.3 is 10.2 Å². The predicted molar refractivity (Wildman–Crippen MR) is 67.7 cm³/mol. The second-order valence-electron chi connectivity index (χ2n) is 5.57. The first-order valence-electron chi connectivity index (χ1n) is 6.59. The SMILES string of the molecule is Fc1cc(F)cc(N2CCCC3(CC2)CNC3)c1. The molecular formula is C14H18F2N2. The zero-order valence-corrected chi connectivity index (χ0v) is 10.4. The number of anilines is 1. The molecule has 98 valence electrons.